The van der Waals surface area contributed by atoms with E-state index in [1.165, 1.54) is 0 Å². The van der Waals surface area contributed by atoms with Crippen molar-refractivity contribution in [3.63, 3.8) is 0 Å². The number of halogens is 1. The molecule has 1 N–H and O–H groups in total. The molecule has 33 heavy (non-hydrogen) atoms. The van der Waals surface area contributed by atoms with E-state index in [2.05, 4.69) is 5.32 Å². The van der Waals surface area contributed by atoms with Crippen LogP contribution in [0.15, 0.2) is 79.0 Å². The highest BCUT2D eigenvalue weighted by Gasteiger charge is 2.18. The summed E-state index contributed by atoms with van der Waals surface area (Å²) >= 11 is 6.03. The van der Waals surface area contributed by atoms with Gasteiger partial charge in [-0.3, -0.25) is 4.79 Å². The second-order valence-corrected chi connectivity index (χ2v) is 8.19. The Bertz CT molecular complexity index is 1290. The number of aryl methyl sites for hydroxylation is 1. The molecule has 0 atom stereocenters. The van der Waals surface area contributed by atoms with Gasteiger partial charge in [-0.25, -0.2) is 4.68 Å². The molecule has 0 bridgehead atoms. The van der Waals surface area contributed by atoms with Crippen LogP contribution in [0.3, 0.4) is 0 Å². The zero-order valence-electron chi connectivity index (χ0n) is 17.8. The summed E-state index contributed by atoms with van der Waals surface area (Å²) in [6, 6.07) is 23.2. The number of para-hydroxylation sites is 1. The van der Waals surface area contributed by atoms with Crippen molar-refractivity contribution in [2.24, 2.45) is 0 Å². The van der Waals surface area contributed by atoms with Gasteiger partial charge in [-0.05, 0) is 60.0 Å². The Morgan fingerprint density at radius 3 is 2.70 bits per heavy atom. The first-order valence-corrected chi connectivity index (χ1v) is 11.1. The van der Waals surface area contributed by atoms with Crippen molar-refractivity contribution in [2.75, 3.05) is 6.79 Å². The van der Waals surface area contributed by atoms with Crippen LogP contribution in [0.25, 0.3) is 16.9 Å². The lowest BCUT2D eigenvalue weighted by Gasteiger charge is -2.07. The second-order valence-electron chi connectivity index (χ2n) is 7.76. The van der Waals surface area contributed by atoms with Crippen molar-refractivity contribution in [3.8, 4) is 28.4 Å². The molecule has 0 spiro atoms. The van der Waals surface area contributed by atoms with Crippen LogP contribution < -0.4 is 14.8 Å². The summed E-state index contributed by atoms with van der Waals surface area (Å²) < 4.78 is 12.8. The summed E-state index contributed by atoms with van der Waals surface area (Å²) in [7, 11) is 0. The molecule has 6 nitrogen and oxygen atoms in total. The van der Waals surface area contributed by atoms with Crippen molar-refractivity contribution in [3.05, 3.63) is 95.1 Å². The van der Waals surface area contributed by atoms with E-state index >= 15 is 0 Å². The minimum Gasteiger partial charge on any atom is -0.454 e. The van der Waals surface area contributed by atoms with E-state index in [-0.39, 0.29) is 12.7 Å². The molecule has 0 saturated carbocycles. The molecule has 1 aromatic heterocycles. The number of hydrogen-bond acceptors (Lipinski definition) is 4. The molecular formula is C26H22ClN3O3. The molecule has 7 heteroatoms. The summed E-state index contributed by atoms with van der Waals surface area (Å²) in [5.41, 5.74) is 4.64. The van der Waals surface area contributed by atoms with Gasteiger partial charge in [0.1, 0.15) is 0 Å². The Kier molecular flexibility index (Phi) is 6.00. The van der Waals surface area contributed by atoms with E-state index in [1.807, 2.05) is 83.7 Å². The number of nitrogens with zero attached hydrogens (tertiary/aromatic N) is 2. The lowest BCUT2D eigenvalue weighted by molar-refractivity contribution is -0.121. The molecule has 0 fully saturated rings. The van der Waals surface area contributed by atoms with Gasteiger partial charge in [0.25, 0.3) is 0 Å². The summed E-state index contributed by atoms with van der Waals surface area (Å²) in [6.07, 6.45) is 2.89. The van der Waals surface area contributed by atoms with Crippen LogP contribution in [0.1, 0.15) is 17.5 Å². The zero-order valence-corrected chi connectivity index (χ0v) is 18.6. The number of rotatable bonds is 7. The van der Waals surface area contributed by atoms with Gasteiger partial charge in [-0.1, -0.05) is 41.9 Å². The molecule has 0 unspecified atom stereocenters. The van der Waals surface area contributed by atoms with Crippen LogP contribution in [0.4, 0.5) is 0 Å². The van der Waals surface area contributed by atoms with E-state index in [9.17, 15) is 4.79 Å². The van der Waals surface area contributed by atoms with Crippen LogP contribution in [0, 0.1) is 0 Å². The van der Waals surface area contributed by atoms with Crippen molar-refractivity contribution >= 4 is 17.5 Å². The molecule has 1 aliphatic heterocycles. The number of fused-ring (bicyclic) bond motifs is 1. The van der Waals surface area contributed by atoms with E-state index in [4.69, 9.17) is 26.2 Å². The number of ether oxygens (including phenoxy) is 2. The fourth-order valence-electron chi connectivity index (χ4n) is 3.78. The molecule has 3 aromatic carbocycles. The number of nitrogens with one attached hydrogen (secondary N) is 1. The normalized spacial score (nSPS) is 12.0. The molecule has 0 saturated heterocycles. The zero-order chi connectivity index (χ0) is 22.6. The minimum absolute atomic E-state index is 0.0286. The van der Waals surface area contributed by atoms with Crippen LogP contribution in [-0.2, 0) is 17.8 Å². The Morgan fingerprint density at radius 1 is 1.00 bits per heavy atom. The summed E-state index contributed by atoms with van der Waals surface area (Å²) in [5.74, 6) is 1.40. The molecule has 5 rings (SSSR count). The molecule has 4 aromatic rings. The number of benzene rings is 3. The van der Waals surface area contributed by atoms with Gasteiger partial charge >= 0.3 is 0 Å². The van der Waals surface area contributed by atoms with Gasteiger partial charge < -0.3 is 14.8 Å². The molecule has 0 aliphatic carbocycles. The SMILES string of the molecule is O=C(CCc1cn(-c2ccccc2)nc1-c1ccc2c(c1)OCO2)NCc1cccc(Cl)c1. The maximum atomic E-state index is 12.5. The van der Waals surface area contributed by atoms with Gasteiger partial charge in [0.05, 0.1) is 11.4 Å². The Labute approximate surface area is 196 Å². The van der Waals surface area contributed by atoms with Crippen molar-refractivity contribution in [1.29, 1.82) is 0 Å². The standard InChI is InChI=1S/C26H22ClN3O3/c27-21-6-4-5-18(13-21)15-28-25(31)12-10-20-16-30(22-7-2-1-3-8-22)29-26(20)19-9-11-23-24(14-19)33-17-32-23/h1-9,11,13-14,16H,10,12,15,17H2,(H,28,31). The monoisotopic (exact) mass is 459 g/mol. The third-order valence-corrected chi connectivity index (χ3v) is 5.69. The van der Waals surface area contributed by atoms with E-state index in [0.29, 0.717) is 30.2 Å². The number of hydrogen-bond donors (Lipinski definition) is 1. The highest BCUT2D eigenvalue weighted by atomic mass is 35.5. The van der Waals surface area contributed by atoms with Gasteiger partial charge in [0, 0.05) is 29.7 Å². The third kappa shape index (κ3) is 4.86. The number of amides is 1. The molecule has 0 radical (unpaired) electrons. The fourth-order valence-corrected chi connectivity index (χ4v) is 3.99. The fraction of sp³-hybridized carbons (Fsp3) is 0.154. The molecule has 166 valence electrons. The number of carbonyl (C=O) groups is 1. The maximum Gasteiger partial charge on any atom is 0.231 e. The quantitative estimate of drug-likeness (QED) is 0.414. The predicted octanol–water partition coefficient (Wildman–Crippen LogP) is 5.17. The Morgan fingerprint density at radius 2 is 1.85 bits per heavy atom. The van der Waals surface area contributed by atoms with E-state index in [0.717, 1.165) is 33.8 Å². The van der Waals surface area contributed by atoms with Crippen molar-refractivity contribution < 1.29 is 14.3 Å². The maximum absolute atomic E-state index is 12.5. The van der Waals surface area contributed by atoms with Gasteiger partial charge in [-0.2, -0.15) is 5.10 Å². The smallest absolute Gasteiger partial charge is 0.231 e. The lowest BCUT2D eigenvalue weighted by Crippen LogP contribution is -2.23. The lowest BCUT2D eigenvalue weighted by atomic mass is 10.0. The summed E-state index contributed by atoms with van der Waals surface area (Å²) in [5, 5.41) is 8.45. The van der Waals surface area contributed by atoms with E-state index in [1.54, 1.807) is 0 Å². The van der Waals surface area contributed by atoms with Crippen LogP contribution in [-0.4, -0.2) is 22.5 Å². The largest absolute Gasteiger partial charge is 0.454 e. The number of carbonyl (C=O) groups excluding carboxylic acids is 1. The number of aromatic nitrogens is 2. The molecule has 2 heterocycles. The molecular weight excluding hydrogens is 438 g/mol. The average Bonchev–Trinajstić information content (AvgIpc) is 3.48. The highest BCUT2D eigenvalue weighted by molar-refractivity contribution is 6.30. The van der Waals surface area contributed by atoms with Crippen LogP contribution >= 0.6 is 11.6 Å². The highest BCUT2D eigenvalue weighted by Crippen LogP contribution is 2.36. The first-order valence-electron chi connectivity index (χ1n) is 10.7. The minimum atomic E-state index is -0.0286. The van der Waals surface area contributed by atoms with Gasteiger partial charge in [-0.15, -0.1) is 0 Å². The summed E-state index contributed by atoms with van der Waals surface area (Å²) in [6.45, 7) is 0.661. The molecule has 1 amide bonds. The predicted molar refractivity (Wildman–Crippen MR) is 127 cm³/mol. The Balaban J connectivity index is 1.35. The Hall–Kier alpha value is -3.77. The third-order valence-electron chi connectivity index (χ3n) is 5.46. The second kappa shape index (κ2) is 9.38. The van der Waals surface area contributed by atoms with Crippen LogP contribution in [0.5, 0.6) is 11.5 Å². The van der Waals surface area contributed by atoms with Crippen molar-refractivity contribution in [2.45, 2.75) is 19.4 Å². The summed E-state index contributed by atoms with van der Waals surface area (Å²) in [4.78, 5) is 12.5. The molecule has 1 aliphatic rings. The first-order chi connectivity index (χ1) is 16.2. The topological polar surface area (TPSA) is 65.4 Å². The van der Waals surface area contributed by atoms with Crippen molar-refractivity contribution in [1.82, 2.24) is 15.1 Å². The average molecular weight is 460 g/mol. The van der Waals surface area contributed by atoms with Gasteiger partial charge in [0.2, 0.25) is 12.7 Å². The van der Waals surface area contributed by atoms with E-state index < -0.39 is 0 Å². The van der Waals surface area contributed by atoms with Crippen LogP contribution in [0.2, 0.25) is 5.02 Å². The first kappa shape index (κ1) is 21.1. The van der Waals surface area contributed by atoms with Gasteiger partial charge in [0.15, 0.2) is 11.5 Å².